The molecule has 5 heteroatoms. The van der Waals surface area contributed by atoms with Gasteiger partial charge in [-0.25, -0.2) is 0 Å². The van der Waals surface area contributed by atoms with Crippen LogP contribution in [-0.2, 0) is 9.47 Å². The SMILES string of the molecule is OCC1O[C@@H]2COC2C(O)[C@@H]1O. The van der Waals surface area contributed by atoms with Crippen molar-refractivity contribution in [2.45, 2.75) is 30.5 Å². The highest BCUT2D eigenvalue weighted by molar-refractivity contribution is 4.97. The van der Waals surface area contributed by atoms with Gasteiger partial charge >= 0.3 is 0 Å². The van der Waals surface area contributed by atoms with Gasteiger partial charge in [-0.15, -0.1) is 0 Å². The summed E-state index contributed by atoms with van der Waals surface area (Å²) in [5.41, 5.74) is 0. The first-order valence-electron chi connectivity index (χ1n) is 3.98. The molecular weight excluding hydrogens is 164 g/mol. The first-order valence-corrected chi connectivity index (χ1v) is 3.98. The molecule has 0 saturated carbocycles. The van der Waals surface area contributed by atoms with Gasteiger partial charge in [0.15, 0.2) is 0 Å². The quantitative estimate of drug-likeness (QED) is 0.425. The van der Waals surface area contributed by atoms with Crippen LogP contribution in [0.5, 0.6) is 0 Å². The molecule has 0 aromatic carbocycles. The molecule has 2 saturated heterocycles. The van der Waals surface area contributed by atoms with E-state index in [0.29, 0.717) is 6.61 Å². The van der Waals surface area contributed by atoms with E-state index < -0.39 is 24.4 Å². The number of hydrogen-bond acceptors (Lipinski definition) is 5. The summed E-state index contributed by atoms with van der Waals surface area (Å²) in [7, 11) is 0. The van der Waals surface area contributed by atoms with Gasteiger partial charge in [0.2, 0.25) is 0 Å². The molecule has 3 unspecified atom stereocenters. The second kappa shape index (κ2) is 2.93. The molecule has 3 N–H and O–H groups in total. The Kier molecular flexibility index (Phi) is 2.05. The predicted molar refractivity (Wildman–Crippen MR) is 37.5 cm³/mol. The lowest BCUT2D eigenvalue weighted by atomic mass is 9.92. The first-order chi connectivity index (χ1) is 5.74. The van der Waals surface area contributed by atoms with E-state index in [2.05, 4.69) is 0 Å². The minimum absolute atomic E-state index is 0.166. The van der Waals surface area contributed by atoms with Crippen LogP contribution in [0.15, 0.2) is 0 Å². The van der Waals surface area contributed by atoms with Crippen molar-refractivity contribution in [3.05, 3.63) is 0 Å². The smallest absolute Gasteiger partial charge is 0.115 e. The van der Waals surface area contributed by atoms with E-state index in [0.717, 1.165) is 0 Å². The van der Waals surface area contributed by atoms with E-state index in [1.807, 2.05) is 0 Å². The van der Waals surface area contributed by atoms with Crippen molar-refractivity contribution in [2.24, 2.45) is 0 Å². The van der Waals surface area contributed by atoms with Crippen LogP contribution in [0.25, 0.3) is 0 Å². The fraction of sp³-hybridized carbons (Fsp3) is 1.00. The van der Waals surface area contributed by atoms with Crippen molar-refractivity contribution in [1.82, 2.24) is 0 Å². The number of fused-ring (bicyclic) bond motifs is 1. The zero-order chi connectivity index (χ0) is 8.72. The fourth-order valence-electron chi connectivity index (χ4n) is 1.59. The molecule has 0 bridgehead atoms. The lowest BCUT2D eigenvalue weighted by Gasteiger charge is -2.48. The van der Waals surface area contributed by atoms with E-state index in [1.54, 1.807) is 0 Å². The molecule has 0 aromatic rings. The molecule has 2 heterocycles. The summed E-state index contributed by atoms with van der Waals surface area (Å²) in [5, 5.41) is 27.5. The summed E-state index contributed by atoms with van der Waals surface area (Å²) in [6.07, 6.45) is -3.24. The van der Waals surface area contributed by atoms with Crippen LogP contribution >= 0.6 is 0 Å². The second-order valence-electron chi connectivity index (χ2n) is 3.17. The summed E-state index contributed by atoms with van der Waals surface area (Å²) in [6.45, 7) is 0.159. The van der Waals surface area contributed by atoms with E-state index in [1.165, 1.54) is 0 Å². The molecule has 0 aromatic heterocycles. The largest absolute Gasteiger partial charge is 0.394 e. The molecule has 5 nitrogen and oxygen atoms in total. The molecule has 0 radical (unpaired) electrons. The van der Waals surface area contributed by atoms with Gasteiger partial charge in [0, 0.05) is 0 Å². The molecule has 70 valence electrons. The zero-order valence-corrected chi connectivity index (χ0v) is 6.46. The maximum Gasteiger partial charge on any atom is 0.115 e. The summed E-state index contributed by atoms with van der Waals surface area (Å²) in [5.74, 6) is 0. The minimum atomic E-state index is -1.04. The normalized spacial score (nSPS) is 52.8. The third-order valence-corrected chi connectivity index (χ3v) is 2.42. The van der Waals surface area contributed by atoms with E-state index >= 15 is 0 Å². The number of hydrogen-bond donors (Lipinski definition) is 3. The molecule has 2 fully saturated rings. The number of aliphatic hydroxyl groups excluding tert-OH is 3. The van der Waals surface area contributed by atoms with Gasteiger partial charge in [0.25, 0.3) is 0 Å². The third-order valence-electron chi connectivity index (χ3n) is 2.42. The Morgan fingerprint density at radius 3 is 2.50 bits per heavy atom. The monoisotopic (exact) mass is 176 g/mol. The van der Waals surface area contributed by atoms with Crippen molar-refractivity contribution < 1.29 is 24.8 Å². The van der Waals surface area contributed by atoms with Crippen molar-refractivity contribution >= 4 is 0 Å². The summed E-state index contributed by atoms with van der Waals surface area (Å²) in [6, 6.07) is 0. The summed E-state index contributed by atoms with van der Waals surface area (Å²) in [4.78, 5) is 0. The van der Waals surface area contributed by atoms with Gasteiger partial charge in [-0.1, -0.05) is 0 Å². The zero-order valence-electron chi connectivity index (χ0n) is 6.46. The number of aliphatic hydroxyl groups is 3. The molecular formula is C7H12O5. The molecule has 5 atom stereocenters. The summed E-state index contributed by atoms with van der Waals surface area (Å²) < 4.78 is 10.2. The Morgan fingerprint density at radius 1 is 1.25 bits per heavy atom. The van der Waals surface area contributed by atoms with Gasteiger partial charge in [-0.3, -0.25) is 0 Å². The van der Waals surface area contributed by atoms with Crippen molar-refractivity contribution in [3.8, 4) is 0 Å². The van der Waals surface area contributed by atoms with E-state index in [9.17, 15) is 10.2 Å². The van der Waals surface area contributed by atoms with E-state index in [4.69, 9.17) is 14.6 Å². The fourth-order valence-corrected chi connectivity index (χ4v) is 1.59. The third kappa shape index (κ3) is 1.06. The second-order valence-corrected chi connectivity index (χ2v) is 3.17. The average molecular weight is 176 g/mol. The number of rotatable bonds is 1. The van der Waals surface area contributed by atoms with Gasteiger partial charge in [0.1, 0.15) is 30.5 Å². The maximum absolute atomic E-state index is 9.40. The van der Waals surface area contributed by atoms with Crippen LogP contribution in [0.1, 0.15) is 0 Å². The molecule has 0 amide bonds. The molecule has 2 aliphatic heterocycles. The Balaban J connectivity index is 2.04. The van der Waals surface area contributed by atoms with Crippen LogP contribution < -0.4 is 0 Å². The van der Waals surface area contributed by atoms with Crippen LogP contribution in [0.3, 0.4) is 0 Å². The van der Waals surface area contributed by atoms with Crippen LogP contribution in [0.4, 0.5) is 0 Å². The van der Waals surface area contributed by atoms with Crippen molar-refractivity contribution in [2.75, 3.05) is 13.2 Å². The highest BCUT2D eigenvalue weighted by Gasteiger charge is 2.49. The van der Waals surface area contributed by atoms with Crippen LogP contribution in [0.2, 0.25) is 0 Å². The Hall–Kier alpha value is -0.200. The maximum atomic E-state index is 9.40. The Bertz CT molecular complexity index is 168. The molecule has 2 aliphatic rings. The van der Waals surface area contributed by atoms with E-state index in [-0.39, 0.29) is 12.7 Å². The van der Waals surface area contributed by atoms with Crippen molar-refractivity contribution in [3.63, 3.8) is 0 Å². The Labute approximate surface area is 69.5 Å². The van der Waals surface area contributed by atoms with Crippen LogP contribution in [0, 0.1) is 0 Å². The highest BCUT2D eigenvalue weighted by Crippen LogP contribution is 2.29. The topological polar surface area (TPSA) is 79.2 Å². The molecule has 12 heavy (non-hydrogen) atoms. The lowest BCUT2D eigenvalue weighted by molar-refractivity contribution is -0.305. The Morgan fingerprint density at radius 2 is 2.00 bits per heavy atom. The standard InChI is InChI=1S/C7H12O5/c8-1-3-5(9)6(10)7-4(12-3)2-11-7/h3-10H,1-2H2/t3?,4-,5-,6?,7?/m1/s1. The molecule has 0 spiro atoms. The lowest BCUT2D eigenvalue weighted by Crippen LogP contribution is -2.66. The van der Waals surface area contributed by atoms with Crippen LogP contribution in [-0.4, -0.2) is 59.1 Å². The minimum Gasteiger partial charge on any atom is -0.394 e. The average Bonchev–Trinajstić information content (AvgIpc) is 2.01. The summed E-state index contributed by atoms with van der Waals surface area (Å²) >= 11 is 0. The number of ether oxygens (including phenoxy) is 2. The van der Waals surface area contributed by atoms with Crippen molar-refractivity contribution in [1.29, 1.82) is 0 Å². The highest BCUT2D eigenvalue weighted by atomic mass is 16.6. The van der Waals surface area contributed by atoms with Gasteiger partial charge in [-0.05, 0) is 0 Å². The molecule has 2 rings (SSSR count). The first kappa shape index (κ1) is 8.40. The van der Waals surface area contributed by atoms with Gasteiger partial charge < -0.3 is 24.8 Å². The van der Waals surface area contributed by atoms with Gasteiger partial charge in [0.05, 0.1) is 13.2 Å². The van der Waals surface area contributed by atoms with Gasteiger partial charge in [-0.2, -0.15) is 0 Å². The predicted octanol–water partition coefficient (Wildman–Crippen LogP) is -2.13. The molecule has 0 aliphatic carbocycles.